The zero-order chi connectivity index (χ0) is 24.2. The number of benzene rings is 2. The van der Waals surface area contributed by atoms with Gasteiger partial charge in [0.25, 0.3) is 11.5 Å². The molecule has 0 unspecified atom stereocenters. The summed E-state index contributed by atoms with van der Waals surface area (Å²) in [5, 5.41) is 7.59. The molecular formula is C21H18F4N4O4. The average molecular weight is 466 g/mol. The summed E-state index contributed by atoms with van der Waals surface area (Å²) >= 11 is 0. The van der Waals surface area contributed by atoms with Crippen LogP contribution in [0.5, 0.6) is 0 Å². The van der Waals surface area contributed by atoms with Crippen LogP contribution in [-0.4, -0.2) is 64.2 Å². The van der Waals surface area contributed by atoms with E-state index < -0.39 is 12.1 Å². The fourth-order valence-corrected chi connectivity index (χ4v) is 3.16. The molecule has 0 spiro atoms. The number of fused-ring (bicyclic) bond motifs is 1. The van der Waals surface area contributed by atoms with Crippen molar-refractivity contribution in [3.63, 3.8) is 0 Å². The van der Waals surface area contributed by atoms with Crippen LogP contribution < -0.4 is 10.5 Å². The van der Waals surface area contributed by atoms with E-state index in [0.29, 0.717) is 37.1 Å². The quantitative estimate of drug-likeness (QED) is 0.563. The van der Waals surface area contributed by atoms with Crippen LogP contribution in [0.25, 0.3) is 10.9 Å². The molecule has 174 valence electrons. The maximum absolute atomic E-state index is 13.0. The first kappa shape index (κ1) is 23.7. The van der Waals surface area contributed by atoms with Crippen molar-refractivity contribution < 1.29 is 32.3 Å². The number of aliphatic carboxylic acids is 1. The lowest BCUT2D eigenvalue weighted by atomic mass is 10.2. The minimum absolute atomic E-state index is 0.0592. The van der Waals surface area contributed by atoms with Gasteiger partial charge in [-0.15, -0.1) is 0 Å². The van der Waals surface area contributed by atoms with E-state index in [0.717, 1.165) is 5.69 Å². The molecule has 1 saturated heterocycles. The molecule has 2 N–H and O–H groups in total. The van der Waals surface area contributed by atoms with Crippen LogP contribution >= 0.6 is 0 Å². The summed E-state index contributed by atoms with van der Waals surface area (Å²) in [5.74, 6) is -3.25. The van der Waals surface area contributed by atoms with Crippen LogP contribution in [-0.2, 0) is 4.79 Å². The molecule has 1 amide bonds. The highest BCUT2D eigenvalue weighted by Gasteiger charge is 2.38. The van der Waals surface area contributed by atoms with Gasteiger partial charge in [0.2, 0.25) is 0 Å². The molecule has 0 aliphatic carbocycles. The zero-order valence-electron chi connectivity index (χ0n) is 17.0. The number of H-pyrrole nitrogens is 1. The molecule has 3 aromatic rings. The molecule has 4 rings (SSSR count). The molecule has 0 bridgehead atoms. The lowest BCUT2D eigenvalue weighted by Gasteiger charge is -2.35. The second-order valence-corrected chi connectivity index (χ2v) is 6.99. The number of para-hydroxylation sites is 1. The van der Waals surface area contributed by atoms with E-state index in [9.17, 15) is 27.2 Å². The lowest BCUT2D eigenvalue weighted by Crippen LogP contribution is -2.49. The van der Waals surface area contributed by atoms with Crippen LogP contribution in [0, 0.1) is 5.82 Å². The van der Waals surface area contributed by atoms with Gasteiger partial charge < -0.3 is 19.9 Å². The number of hydrogen-bond donors (Lipinski definition) is 2. The molecule has 1 aliphatic heterocycles. The van der Waals surface area contributed by atoms with Gasteiger partial charge in [0.15, 0.2) is 5.82 Å². The number of aromatic nitrogens is 2. The second kappa shape index (κ2) is 9.67. The van der Waals surface area contributed by atoms with Crippen LogP contribution in [0.4, 0.5) is 23.2 Å². The number of carbonyl (C=O) groups is 2. The molecular weight excluding hydrogens is 448 g/mol. The highest BCUT2D eigenvalue weighted by Crippen LogP contribution is 2.18. The molecule has 1 aromatic heterocycles. The number of amides is 1. The number of carboxylic acid groups (broad SMARTS) is 1. The Bertz CT molecular complexity index is 1200. The van der Waals surface area contributed by atoms with Gasteiger partial charge in [-0.3, -0.25) is 9.59 Å². The van der Waals surface area contributed by atoms with Gasteiger partial charge in [0.1, 0.15) is 5.82 Å². The highest BCUT2D eigenvalue weighted by molar-refractivity contribution is 5.92. The third kappa shape index (κ3) is 5.84. The van der Waals surface area contributed by atoms with Crippen molar-refractivity contribution in [3.05, 3.63) is 70.5 Å². The Balaban J connectivity index is 0.000000383. The summed E-state index contributed by atoms with van der Waals surface area (Å²) in [6.07, 6.45) is -5.08. The number of rotatable bonds is 2. The lowest BCUT2D eigenvalue weighted by molar-refractivity contribution is -0.192. The molecule has 12 heteroatoms. The Morgan fingerprint density at radius 1 is 0.970 bits per heavy atom. The Morgan fingerprint density at radius 3 is 2.12 bits per heavy atom. The number of hydrogen-bond acceptors (Lipinski definition) is 5. The Morgan fingerprint density at radius 2 is 1.55 bits per heavy atom. The van der Waals surface area contributed by atoms with Crippen LogP contribution in [0.3, 0.4) is 0 Å². The topological polar surface area (TPSA) is 107 Å². The normalized spacial score (nSPS) is 13.9. The van der Waals surface area contributed by atoms with E-state index in [1.54, 1.807) is 41.3 Å². The van der Waals surface area contributed by atoms with Crippen molar-refractivity contribution in [2.24, 2.45) is 0 Å². The third-order valence-corrected chi connectivity index (χ3v) is 4.82. The number of nitrogens with one attached hydrogen (secondary N) is 1. The number of nitrogens with zero attached hydrogens (tertiary/aromatic N) is 3. The summed E-state index contributed by atoms with van der Waals surface area (Å²) in [5.41, 5.74) is 1.11. The molecule has 1 fully saturated rings. The smallest absolute Gasteiger partial charge is 0.475 e. The van der Waals surface area contributed by atoms with E-state index in [-0.39, 0.29) is 23.1 Å². The Hall–Kier alpha value is -3.96. The number of carboxylic acids is 1. The molecule has 2 heterocycles. The van der Waals surface area contributed by atoms with E-state index in [2.05, 4.69) is 14.9 Å². The first-order chi connectivity index (χ1) is 15.6. The third-order valence-electron chi connectivity index (χ3n) is 4.82. The molecule has 0 saturated carbocycles. The van der Waals surface area contributed by atoms with Crippen molar-refractivity contribution in [2.75, 3.05) is 31.1 Å². The van der Waals surface area contributed by atoms with E-state index in [1.165, 1.54) is 12.1 Å². The summed E-state index contributed by atoms with van der Waals surface area (Å²) in [6.45, 7) is 2.28. The number of aromatic amines is 1. The van der Waals surface area contributed by atoms with E-state index in [1.807, 2.05) is 0 Å². The highest BCUT2D eigenvalue weighted by atomic mass is 19.4. The summed E-state index contributed by atoms with van der Waals surface area (Å²) in [7, 11) is 0. The first-order valence-corrected chi connectivity index (χ1v) is 9.65. The minimum atomic E-state index is -5.08. The van der Waals surface area contributed by atoms with Crippen molar-refractivity contribution in [1.29, 1.82) is 0 Å². The van der Waals surface area contributed by atoms with Crippen molar-refractivity contribution in [3.8, 4) is 0 Å². The molecule has 0 atom stereocenters. The van der Waals surface area contributed by atoms with E-state index in [4.69, 9.17) is 9.90 Å². The predicted octanol–water partition coefficient (Wildman–Crippen LogP) is 2.66. The number of alkyl halides is 3. The Kier molecular flexibility index (Phi) is 6.95. The fourth-order valence-electron chi connectivity index (χ4n) is 3.16. The van der Waals surface area contributed by atoms with Gasteiger partial charge in [-0.05, 0) is 36.4 Å². The van der Waals surface area contributed by atoms with Crippen LogP contribution in [0.15, 0.2) is 53.3 Å². The van der Waals surface area contributed by atoms with Crippen molar-refractivity contribution in [2.45, 2.75) is 6.18 Å². The molecule has 8 nitrogen and oxygen atoms in total. The number of anilines is 1. The van der Waals surface area contributed by atoms with Gasteiger partial charge in [-0.25, -0.2) is 14.2 Å². The van der Waals surface area contributed by atoms with Gasteiger partial charge in [-0.2, -0.15) is 13.2 Å². The minimum Gasteiger partial charge on any atom is -0.475 e. The average Bonchev–Trinajstić information content (AvgIpc) is 2.79. The van der Waals surface area contributed by atoms with Crippen LogP contribution in [0.1, 0.15) is 10.6 Å². The molecule has 0 radical (unpaired) electrons. The van der Waals surface area contributed by atoms with Gasteiger partial charge in [0, 0.05) is 31.9 Å². The van der Waals surface area contributed by atoms with Gasteiger partial charge in [0.05, 0.1) is 10.9 Å². The molecule has 33 heavy (non-hydrogen) atoms. The largest absolute Gasteiger partial charge is 0.490 e. The molecule has 1 aliphatic rings. The predicted molar refractivity (Wildman–Crippen MR) is 111 cm³/mol. The SMILES string of the molecule is O=C(O)C(F)(F)F.O=C(c1nc2ccccc2c(=O)[nH]1)N1CCN(c2ccc(F)cc2)CC1. The maximum atomic E-state index is 13.0. The number of halogens is 4. The van der Waals surface area contributed by atoms with Gasteiger partial charge >= 0.3 is 12.1 Å². The zero-order valence-corrected chi connectivity index (χ0v) is 17.0. The summed E-state index contributed by atoms with van der Waals surface area (Å²) in [4.78, 5) is 44.4. The van der Waals surface area contributed by atoms with Crippen LogP contribution in [0.2, 0.25) is 0 Å². The fraction of sp³-hybridized carbons (Fsp3) is 0.238. The monoisotopic (exact) mass is 466 g/mol. The molecule has 2 aromatic carbocycles. The number of piperazine rings is 1. The van der Waals surface area contributed by atoms with E-state index >= 15 is 0 Å². The second-order valence-electron chi connectivity index (χ2n) is 6.99. The van der Waals surface area contributed by atoms with Gasteiger partial charge in [-0.1, -0.05) is 12.1 Å². The standard InChI is InChI=1S/C19H17FN4O2.C2HF3O2/c20-13-5-7-14(8-6-13)23-9-11-24(12-10-23)19(26)17-21-16-4-2-1-3-15(16)18(25)22-17;3-2(4,5)1(6)7/h1-8H,9-12H2,(H,21,22,25);(H,6,7). The van der Waals surface area contributed by atoms with Crippen molar-refractivity contribution in [1.82, 2.24) is 14.9 Å². The summed E-state index contributed by atoms with van der Waals surface area (Å²) in [6, 6.07) is 13.3. The number of carbonyl (C=O) groups excluding carboxylic acids is 1. The van der Waals surface area contributed by atoms with Crippen molar-refractivity contribution >= 4 is 28.5 Å². The summed E-state index contributed by atoms with van der Waals surface area (Å²) < 4.78 is 44.8. The first-order valence-electron chi connectivity index (χ1n) is 9.65. The Labute approximate surface area is 184 Å². The maximum Gasteiger partial charge on any atom is 0.490 e.